The molecule has 2 N–H and O–H groups in total. The Morgan fingerprint density at radius 2 is 1.89 bits per heavy atom. The molecule has 152 valence electrons. The van der Waals surface area contributed by atoms with Crippen molar-refractivity contribution >= 4 is 56.7 Å². The van der Waals surface area contributed by atoms with E-state index in [4.69, 9.17) is 27.9 Å². The van der Waals surface area contributed by atoms with Crippen molar-refractivity contribution in [2.24, 2.45) is 16.2 Å². The Bertz CT molecular complexity index is 862. The van der Waals surface area contributed by atoms with Crippen LogP contribution in [0.5, 0.6) is 5.75 Å². The molecular formula is C19H21BrCl2N2O4. The van der Waals surface area contributed by atoms with Gasteiger partial charge in [0.05, 0.1) is 15.3 Å². The first-order chi connectivity index (χ1) is 13.0. The molecule has 0 radical (unpaired) electrons. The number of ether oxygens (including phenoxy) is 1. The maximum absolute atomic E-state index is 13.0. The molecule has 6 nitrogen and oxygen atoms in total. The molecule has 0 aliphatic heterocycles. The lowest BCUT2D eigenvalue weighted by atomic mass is 9.64. The number of carbonyl (C=O) groups excluding carboxylic acids is 3. The van der Waals surface area contributed by atoms with Gasteiger partial charge < -0.3 is 4.74 Å². The highest BCUT2D eigenvalue weighted by molar-refractivity contribution is 9.10. The fraction of sp³-hybridized carbons (Fsp3) is 0.526. The summed E-state index contributed by atoms with van der Waals surface area (Å²) < 4.78 is 5.35. The topological polar surface area (TPSA) is 84.5 Å². The van der Waals surface area contributed by atoms with E-state index in [1.54, 1.807) is 12.1 Å². The second-order valence-corrected chi connectivity index (χ2v) is 9.78. The number of amides is 2. The summed E-state index contributed by atoms with van der Waals surface area (Å²) in [5, 5.41) is 0.733. The third kappa shape index (κ3) is 2.94. The van der Waals surface area contributed by atoms with Crippen LogP contribution in [-0.4, -0.2) is 29.0 Å². The molecule has 0 spiro atoms. The lowest BCUT2D eigenvalue weighted by Gasteiger charge is -2.39. The summed E-state index contributed by atoms with van der Waals surface area (Å²) in [5.41, 5.74) is 2.79. The number of hydrazine groups is 1. The summed E-state index contributed by atoms with van der Waals surface area (Å²) in [6.45, 7) is 5.44. The summed E-state index contributed by atoms with van der Waals surface area (Å²) in [7, 11) is 0. The van der Waals surface area contributed by atoms with Crippen LogP contribution in [0.1, 0.15) is 33.6 Å². The van der Waals surface area contributed by atoms with Crippen LogP contribution in [0.4, 0.5) is 0 Å². The molecule has 28 heavy (non-hydrogen) atoms. The number of hydrogen-bond donors (Lipinski definition) is 2. The van der Waals surface area contributed by atoms with E-state index in [1.807, 2.05) is 20.8 Å². The molecule has 2 aliphatic rings. The van der Waals surface area contributed by atoms with Crippen LogP contribution in [-0.2, 0) is 14.4 Å². The van der Waals surface area contributed by atoms with Crippen molar-refractivity contribution in [3.05, 3.63) is 28.2 Å². The zero-order valence-corrected chi connectivity index (χ0v) is 18.8. The molecule has 0 saturated heterocycles. The molecule has 1 aromatic carbocycles. The first kappa shape index (κ1) is 21.4. The number of fused-ring (bicyclic) bond motifs is 2. The number of halogens is 3. The van der Waals surface area contributed by atoms with E-state index in [0.717, 1.165) is 0 Å². The lowest BCUT2D eigenvalue weighted by molar-refractivity contribution is -0.140. The van der Waals surface area contributed by atoms with Gasteiger partial charge in [0, 0.05) is 10.4 Å². The van der Waals surface area contributed by atoms with Gasteiger partial charge in [-0.25, -0.2) is 0 Å². The van der Waals surface area contributed by atoms with Crippen LogP contribution in [0.3, 0.4) is 0 Å². The van der Waals surface area contributed by atoms with Gasteiger partial charge in [0.15, 0.2) is 12.4 Å². The summed E-state index contributed by atoms with van der Waals surface area (Å²) in [6.07, 6.45) is 1.21. The van der Waals surface area contributed by atoms with Crippen molar-refractivity contribution in [2.75, 3.05) is 6.61 Å². The van der Waals surface area contributed by atoms with E-state index in [9.17, 15) is 14.4 Å². The minimum Gasteiger partial charge on any atom is -0.482 e. The van der Waals surface area contributed by atoms with Crippen molar-refractivity contribution in [2.45, 2.75) is 38.4 Å². The fourth-order valence-corrected chi connectivity index (χ4v) is 6.44. The molecule has 2 amide bonds. The second kappa shape index (κ2) is 7.18. The second-order valence-electron chi connectivity index (χ2n) is 8.02. The molecule has 2 fully saturated rings. The highest BCUT2D eigenvalue weighted by Gasteiger charge is 2.76. The molecule has 2 bridgehead atoms. The SMILES string of the molecule is CC12CCC(C(=O)NNC(=O)COc3ccc(Cl)cc3Cl)(C(Br)C1=O)C2(C)C. The number of hydrogen-bond acceptors (Lipinski definition) is 4. The standard InChI is InChI=1S/C19H21BrCl2N2O4/c1-17(2)18(3)6-7-19(17,14(20)15(18)26)16(27)24-23-13(25)9-28-12-5-4-10(21)8-11(12)22/h4-5,8,14H,6-7,9H2,1-3H3,(H,23,25)(H,24,27). The molecule has 0 aromatic heterocycles. The van der Waals surface area contributed by atoms with Gasteiger partial charge in [0.2, 0.25) is 5.91 Å². The van der Waals surface area contributed by atoms with Crippen LogP contribution >= 0.6 is 39.1 Å². The molecule has 9 heteroatoms. The average molecular weight is 492 g/mol. The average Bonchev–Trinajstić information content (AvgIpc) is 2.90. The maximum atomic E-state index is 13.0. The fourth-order valence-electron chi connectivity index (χ4n) is 4.46. The molecular weight excluding hydrogens is 471 g/mol. The Kier molecular flexibility index (Phi) is 5.49. The van der Waals surface area contributed by atoms with Crippen LogP contribution in [0.15, 0.2) is 18.2 Å². The minimum absolute atomic E-state index is 0.0333. The molecule has 2 aliphatic carbocycles. The van der Waals surface area contributed by atoms with Crippen molar-refractivity contribution < 1.29 is 19.1 Å². The summed E-state index contributed by atoms with van der Waals surface area (Å²) in [5.74, 6) is -0.594. The van der Waals surface area contributed by atoms with Gasteiger partial charge in [-0.1, -0.05) is 59.9 Å². The number of alkyl halides is 1. The molecule has 3 unspecified atom stereocenters. The first-order valence-corrected chi connectivity index (χ1v) is 10.5. The van der Waals surface area contributed by atoms with Crippen LogP contribution in [0, 0.1) is 16.2 Å². The molecule has 1 aromatic rings. The number of benzene rings is 1. The van der Waals surface area contributed by atoms with Gasteiger partial charge in [-0.05, 0) is 36.5 Å². The third-order valence-electron chi connectivity index (χ3n) is 6.69. The predicted octanol–water partition coefficient (Wildman–Crippen LogP) is 3.68. The number of Topliss-reactive ketones (excluding diaryl/α,β-unsaturated/α-hetero) is 1. The zero-order valence-electron chi connectivity index (χ0n) is 15.7. The van der Waals surface area contributed by atoms with Crippen LogP contribution in [0.2, 0.25) is 10.0 Å². The van der Waals surface area contributed by atoms with Crippen molar-refractivity contribution in [1.29, 1.82) is 0 Å². The number of ketones is 1. The van der Waals surface area contributed by atoms with Gasteiger partial charge in [0.25, 0.3) is 5.91 Å². The zero-order chi connectivity index (χ0) is 20.9. The van der Waals surface area contributed by atoms with Gasteiger partial charge in [-0.2, -0.15) is 0 Å². The van der Waals surface area contributed by atoms with Gasteiger partial charge >= 0.3 is 0 Å². The largest absolute Gasteiger partial charge is 0.482 e. The van der Waals surface area contributed by atoms with Crippen LogP contribution in [0.25, 0.3) is 0 Å². The first-order valence-electron chi connectivity index (χ1n) is 8.83. The van der Waals surface area contributed by atoms with E-state index in [2.05, 4.69) is 26.8 Å². The lowest BCUT2D eigenvalue weighted by Crippen LogP contribution is -2.56. The highest BCUT2D eigenvalue weighted by atomic mass is 79.9. The summed E-state index contributed by atoms with van der Waals surface area (Å²) in [4.78, 5) is 37.2. The van der Waals surface area contributed by atoms with Gasteiger partial charge in [-0.15, -0.1) is 0 Å². The van der Waals surface area contributed by atoms with E-state index in [-0.39, 0.29) is 23.3 Å². The van der Waals surface area contributed by atoms with Crippen LogP contribution < -0.4 is 15.6 Å². The van der Waals surface area contributed by atoms with Gasteiger partial charge in [0.1, 0.15) is 5.75 Å². The number of nitrogens with one attached hydrogen (secondary N) is 2. The monoisotopic (exact) mass is 490 g/mol. The Balaban J connectivity index is 1.62. The van der Waals surface area contributed by atoms with E-state index >= 15 is 0 Å². The Morgan fingerprint density at radius 3 is 2.46 bits per heavy atom. The molecule has 3 rings (SSSR count). The summed E-state index contributed by atoms with van der Waals surface area (Å²) >= 11 is 15.2. The third-order valence-corrected chi connectivity index (χ3v) is 8.42. The predicted molar refractivity (Wildman–Crippen MR) is 110 cm³/mol. The Hall–Kier alpha value is -1.31. The molecule has 3 atom stereocenters. The highest BCUT2D eigenvalue weighted by Crippen LogP contribution is 2.72. The quantitative estimate of drug-likeness (QED) is 0.497. The number of carbonyl (C=O) groups is 3. The normalized spacial score (nSPS) is 30.2. The molecule has 0 heterocycles. The van der Waals surface area contributed by atoms with Gasteiger partial charge in [-0.3, -0.25) is 25.2 Å². The Morgan fingerprint density at radius 1 is 1.21 bits per heavy atom. The molecule has 2 saturated carbocycles. The smallest absolute Gasteiger partial charge is 0.276 e. The van der Waals surface area contributed by atoms with Crippen molar-refractivity contribution in [3.8, 4) is 5.75 Å². The number of rotatable bonds is 4. The van der Waals surface area contributed by atoms with E-state index < -0.39 is 27.0 Å². The maximum Gasteiger partial charge on any atom is 0.276 e. The van der Waals surface area contributed by atoms with Crippen molar-refractivity contribution in [3.63, 3.8) is 0 Å². The van der Waals surface area contributed by atoms with E-state index in [0.29, 0.717) is 23.6 Å². The Labute approximate surface area is 181 Å². The minimum atomic E-state index is -0.924. The van der Waals surface area contributed by atoms with E-state index in [1.165, 1.54) is 6.07 Å². The summed E-state index contributed by atoms with van der Waals surface area (Å²) in [6, 6.07) is 4.65. The van der Waals surface area contributed by atoms with Crippen molar-refractivity contribution in [1.82, 2.24) is 10.9 Å².